The minimum Gasteiger partial charge on any atom is -0.340 e. The quantitative estimate of drug-likeness (QED) is 0.149. The van der Waals surface area contributed by atoms with Crippen LogP contribution >= 0.6 is 0 Å². The zero-order chi connectivity index (χ0) is 32.5. The van der Waals surface area contributed by atoms with E-state index in [0.717, 1.165) is 70.7 Å². The molecule has 0 atom stereocenters. The van der Waals surface area contributed by atoms with Crippen LogP contribution in [0.1, 0.15) is 66.8 Å². The number of aliphatic imine (C=N–C) groups is 1. The van der Waals surface area contributed by atoms with Crippen molar-refractivity contribution in [3.8, 4) is 11.3 Å². The lowest BCUT2D eigenvalue weighted by Gasteiger charge is -2.28. The third-order valence-corrected chi connectivity index (χ3v) is 9.54. The molecule has 12 nitrogen and oxygen atoms in total. The summed E-state index contributed by atoms with van der Waals surface area (Å²) < 4.78 is 6.43. The second kappa shape index (κ2) is 13.0. The third kappa shape index (κ3) is 5.99. The molecule has 1 fully saturated rings. The lowest BCUT2D eigenvalue weighted by atomic mass is 10.0. The Hall–Kier alpha value is -5.00. The Morgan fingerprint density at radius 3 is 2.64 bits per heavy atom. The molecule has 3 aromatic heterocycles. The first-order chi connectivity index (χ1) is 23.0. The van der Waals surface area contributed by atoms with Gasteiger partial charge < -0.3 is 20.2 Å². The number of amides is 2. The van der Waals surface area contributed by atoms with Crippen LogP contribution in [-0.2, 0) is 37.5 Å². The summed E-state index contributed by atoms with van der Waals surface area (Å²) in [6.07, 6.45) is 12.5. The lowest BCUT2D eigenvalue weighted by Crippen LogP contribution is -2.36. The number of hydrazone groups is 1. The zero-order valence-corrected chi connectivity index (χ0v) is 27.2. The number of nitrogens with zero attached hydrogens (tertiary/aromatic N) is 9. The number of benzene rings is 1. The van der Waals surface area contributed by atoms with E-state index in [2.05, 4.69) is 63.0 Å². The molecule has 0 bridgehead atoms. The van der Waals surface area contributed by atoms with Crippen molar-refractivity contribution >= 4 is 40.7 Å². The Balaban J connectivity index is 1.27. The molecule has 0 saturated heterocycles. The number of carbonyl (C=O) groups excluding carboxylic acids is 2. The molecule has 1 saturated carbocycles. The number of aromatic nitrogens is 5. The predicted molar refractivity (Wildman–Crippen MR) is 183 cm³/mol. The van der Waals surface area contributed by atoms with Gasteiger partial charge in [0.15, 0.2) is 0 Å². The van der Waals surface area contributed by atoms with Crippen molar-refractivity contribution in [2.45, 2.75) is 72.3 Å². The van der Waals surface area contributed by atoms with E-state index in [1.807, 2.05) is 37.6 Å². The summed E-state index contributed by atoms with van der Waals surface area (Å²) >= 11 is 0. The van der Waals surface area contributed by atoms with Crippen LogP contribution in [0.5, 0.6) is 0 Å². The molecule has 12 heteroatoms. The Bertz CT molecular complexity index is 1900. The monoisotopic (exact) mass is 634 g/mol. The van der Waals surface area contributed by atoms with Gasteiger partial charge in [0.2, 0.25) is 5.91 Å². The predicted octanol–water partition coefficient (Wildman–Crippen LogP) is 4.33. The normalized spacial score (nSPS) is 16.6. The van der Waals surface area contributed by atoms with E-state index in [1.165, 1.54) is 25.3 Å². The van der Waals surface area contributed by atoms with Crippen molar-refractivity contribution in [2.24, 2.45) is 21.9 Å². The van der Waals surface area contributed by atoms with Gasteiger partial charge in [-0.1, -0.05) is 6.08 Å². The number of aryl methyl sites for hydroxylation is 2. The third-order valence-electron chi connectivity index (χ3n) is 9.54. The van der Waals surface area contributed by atoms with Crippen LogP contribution in [0, 0.1) is 5.92 Å². The number of hydrogen-bond acceptors (Lipinski definition) is 7. The van der Waals surface area contributed by atoms with Crippen molar-refractivity contribution < 1.29 is 9.59 Å². The van der Waals surface area contributed by atoms with E-state index in [0.29, 0.717) is 50.6 Å². The summed E-state index contributed by atoms with van der Waals surface area (Å²) in [4.78, 5) is 35.4. The highest BCUT2D eigenvalue weighted by Gasteiger charge is 2.31. The van der Waals surface area contributed by atoms with Gasteiger partial charge in [0, 0.05) is 92.4 Å². The molecule has 5 heterocycles. The number of rotatable bonds is 11. The standard InChI is InChI=1S/C35H42N10O2/c1-3-44-30(9-12-39-44)29-17-27(35(47)42-22-28-19-40-45(4-2)32(28)23-42)16-26-18-31(43(34(26)29)20-24-7-8-24)25-6-5-15-41(21-25)33(46)10-11-37-13-14-38-36/h6,9,12-14,16-19,24H,3-5,7-8,10-11,15,20-23,36H2,1-2H3/b37-13?,38-14-. The summed E-state index contributed by atoms with van der Waals surface area (Å²) in [5, 5.41) is 13.5. The number of fused-ring (bicyclic) bond motifs is 2. The van der Waals surface area contributed by atoms with Gasteiger partial charge in [-0.05, 0) is 68.9 Å². The Morgan fingerprint density at radius 1 is 1.00 bits per heavy atom. The molecule has 244 valence electrons. The molecule has 1 aromatic carbocycles. The van der Waals surface area contributed by atoms with Gasteiger partial charge >= 0.3 is 0 Å². The molecule has 0 spiro atoms. The van der Waals surface area contributed by atoms with Crippen LogP contribution in [0.25, 0.3) is 27.7 Å². The van der Waals surface area contributed by atoms with Gasteiger partial charge in [-0.25, -0.2) is 0 Å². The molecule has 0 radical (unpaired) electrons. The molecule has 47 heavy (non-hydrogen) atoms. The first-order valence-electron chi connectivity index (χ1n) is 16.7. The highest BCUT2D eigenvalue weighted by molar-refractivity contribution is 6.15. The van der Waals surface area contributed by atoms with Crippen LogP contribution in [0.2, 0.25) is 0 Å². The van der Waals surface area contributed by atoms with E-state index in [1.54, 1.807) is 0 Å². The molecule has 7 rings (SSSR count). The molecule has 1 aliphatic carbocycles. The van der Waals surface area contributed by atoms with Crippen molar-refractivity contribution in [3.05, 3.63) is 65.2 Å². The van der Waals surface area contributed by atoms with Crippen LogP contribution in [0.3, 0.4) is 0 Å². The van der Waals surface area contributed by atoms with Gasteiger partial charge in [-0.3, -0.25) is 23.9 Å². The van der Waals surface area contributed by atoms with E-state index < -0.39 is 0 Å². The molecule has 2 amide bonds. The van der Waals surface area contributed by atoms with Crippen molar-refractivity contribution in [1.29, 1.82) is 0 Å². The molecule has 0 unspecified atom stereocenters. The maximum absolute atomic E-state index is 14.2. The fourth-order valence-electron chi connectivity index (χ4n) is 6.99. The number of hydrogen-bond donors (Lipinski definition) is 1. The van der Waals surface area contributed by atoms with E-state index in [4.69, 9.17) is 5.84 Å². The SMILES string of the molecule is CCn1nccc1-c1cc(C(=O)N2Cc3cnn(CC)c3C2)cc2cc(C3=CCCN(C(=O)CCN=C/C=N\N)C3)n(CC3CC3)c12. The molecular weight excluding hydrogens is 592 g/mol. The van der Waals surface area contributed by atoms with Crippen molar-refractivity contribution in [1.82, 2.24) is 33.9 Å². The average Bonchev–Trinajstić information content (AvgIpc) is 3.42. The summed E-state index contributed by atoms with van der Waals surface area (Å²) in [5.74, 6) is 5.84. The average molecular weight is 635 g/mol. The van der Waals surface area contributed by atoms with E-state index in [9.17, 15) is 9.59 Å². The Kier molecular flexibility index (Phi) is 8.48. The number of carbonyl (C=O) groups is 2. The van der Waals surface area contributed by atoms with Crippen LogP contribution in [0.4, 0.5) is 0 Å². The Labute approximate surface area is 274 Å². The van der Waals surface area contributed by atoms with Crippen molar-refractivity contribution in [3.63, 3.8) is 0 Å². The van der Waals surface area contributed by atoms with Gasteiger partial charge in [0.1, 0.15) is 0 Å². The first kappa shape index (κ1) is 30.6. The second-order valence-corrected chi connectivity index (χ2v) is 12.6. The summed E-state index contributed by atoms with van der Waals surface area (Å²) in [6, 6.07) is 8.40. The Morgan fingerprint density at radius 2 is 1.85 bits per heavy atom. The molecule has 2 N–H and O–H groups in total. The summed E-state index contributed by atoms with van der Waals surface area (Å²) in [7, 11) is 0. The lowest BCUT2D eigenvalue weighted by molar-refractivity contribution is -0.130. The highest BCUT2D eigenvalue weighted by atomic mass is 16.2. The zero-order valence-electron chi connectivity index (χ0n) is 27.2. The van der Waals surface area contributed by atoms with Crippen LogP contribution in [0.15, 0.2) is 52.8 Å². The maximum atomic E-state index is 14.2. The summed E-state index contributed by atoms with van der Waals surface area (Å²) in [5.41, 5.74) is 8.28. The maximum Gasteiger partial charge on any atom is 0.254 e. The smallest absolute Gasteiger partial charge is 0.254 e. The molecule has 2 aliphatic heterocycles. The fourth-order valence-corrected chi connectivity index (χ4v) is 6.99. The van der Waals surface area contributed by atoms with Crippen LogP contribution in [-0.4, -0.2) is 77.8 Å². The highest BCUT2D eigenvalue weighted by Crippen LogP contribution is 2.40. The number of nitrogens with two attached hydrogens (primary N) is 1. The van der Waals surface area contributed by atoms with Gasteiger partial charge in [0.25, 0.3) is 5.91 Å². The fraction of sp³-hybridized carbons (Fsp3) is 0.429. The van der Waals surface area contributed by atoms with E-state index >= 15 is 0 Å². The largest absolute Gasteiger partial charge is 0.340 e. The van der Waals surface area contributed by atoms with Gasteiger partial charge in [-0.2, -0.15) is 15.3 Å². The molecule has 4 aromatic rings. The minimum absolute atomic E-state index is 0.0140. The minimum atomic E-state index is 0.0140. The topological polar surface area (TPSA) is 132 Å². The van der Waals surface area contributed by atoms with Crippen molar-refractivity contribution in [2.75, 3.05) is 19.6 Å². The van der Waals surface area contributed by atoms with Gasteiger partial charge in [0.05, 0.1) is 35.9 Å². The van der Waals surface area contributed by atoms with E-state index in [-0.39, 0.29) is 11.8 Å². The van der Waals surface area contributed by atoms with Gasteiger partial charge in [-0.15, -0.1) is 0 Å². The molecular formula is C35H42N10O2. The van der Waals surface area contributed by atoms with Crippen LogP contribution < -0.4 is 5.84 Å². The molecule has 3 aliphatic rings. The summed E-state index contributed by atoms with van der Waals surface area (Å²) in [6.45, 7) is 9.31. The first-order valence-corrected chi connectivity index (χ1v) is 16.7. The second-order valence-electron chi connectivity index (χ2n) is 12.6.